The first kappa shape index (κ1) is 13.1. The van der Waals surface area contributed by atoms with E-state index in [4.69, 9.17) is 16.6 Å². The molecule has 5 heteroatoms. The van der Waals surface area contributed by atoms with Crippen LogP contribution in [0.25, 0.3) is 0 Å². The van der Waals surface area contributed by atoms with Gasteiger partial charge in [-0.2, -0.15) is 0 Å². The first-order valence-electron chi connectivity index (χ1n) is 6.34. The Morgan fingerprint density at radius 1 is 1.61 bits per heavy atom. The van der Waals surface area contributed by atoms with Gasteiger partial charge in [0.05, 0.1) is 6.26 Å². The summed E-state index contributed by atoms with van der Waals surface area (Å²) >= 11 is 5.29. The van der Waals surface area contributed by atoms with Crippen molar-refractivity contribution in [2.75, 3.05) is 13.1 Å². The van der Waals surface area contributed by atoms with Crippen molar-refractivity contribution >= 4 is 23.2 Å². The van der Waals surface area contributed by atoms with Gasteiger partial charge in [-0.3, -0.25) is 10.1 Å². The molecule has 18 heavy (non-hydrogen) atoms. The van der Waals surface area contributed by atoms with Crippen LogP contribution in [0.2, 0.25) is 0 Å². The zero-order valence-electron chi connectivity index (χ0n) is 10.5. The van der Waals surface area contributed by atoms with Crippen LogP contribution in [0.5, 0.6) is 0 Å². The number of carbonyl (C=O) groups excluding carboxylic acids is 1. The van der Waals surface area contributed by atoms with E-state index in [1.54, 1.807) is 12.1 Å². The second kappa shape index (κ2) is 6.00. The molecule has 1 heterocycles. The van der Waals surface area contributed by atoms with E-state index >= 15 is 0 Å². The van der Waals surface area contributed by atoms with E-state index in [2.05, 4.69) is 17.1 Å². The van der Waals surface area contributed by atoms with Crippen molar-refractivity contribution in [3.05, 3.63) is 24.2 Å². The van der Waals surface area contributed by atoms with Gasteiger partial charge in [0.25, 0.3) is 5.91 Å². The predicted octanol–water partition coefficient (Wildman–Crippen LogP) is 2.42. The Kier molecular flexibility index (Phi) is 4.36. The van der Waals surface area contributed by atoms with Gasteiger partial charge >= 0.3 is 0 Å². The molecule has 1 aromatic heterocycles. The van der Waals surface area contributed by atoms with E-state index < -0.39 is 0 Å². The molecule has 0 spiro atoms. The Balaban J connectivity index is 1.89. The minimum atomic E-state index is -0.276. The summed E-state index contributed by atoms with van der Waals surface area (Å²) in [6.45, 7) is 3.94. The fraction of sp³-hybridized carbons (Fsp3) is 0.538. The third kappa shape index (κ3) is 3.57. The van der Waals surface area contributed by atoms with Crippen LogP contribution in [0.1, 0.15) is 36.7 Å². The highest BCUT2D eigenvalue weighted by molar-refractivity contribution is 7.80. The topological polar surface area (TPSA) is 45.5 Å². The quantitative estimate of drug-likeness (QED) is 0.831. The van der Waals surface area contributed by atoms with Crippen molar-refractivity contribution in [2.45, 2.75) is 26.2 Å². The van der Waals surface area contributed by atoms with Gasteiger partial charge in [0, 0.05) is 13.1 Å². The lowest BCUT2D eigenvalue weighted by atomic mass is 10.3. The number of carbonyl (C=O) groups is 1. The second-order valence-electron chi connectivity index (χ2n) is 4.63. The third-order valence-corrected chi connectivity index (χ3v) is 3.28. The first-order chi connectivity index (χ1) is 8.70. The van der Waals surface area contributed by atoms with Crippen molar-refractivity contribution < 1.29 is 9.21 Å². The average Bonchev–Trinajstić information content (AvgIpc) is 2.99. The Morgan fingerprint density at radius 3 is 2.94 bits per heavy atom. The summed E-state index contributed by atoms with van der Waals surface area (Å²) in [6.07, 6.45) is 5.04. The molecule has 98 valence electrons. The number of furan rings is 1. The van der Waals surface area contributed by atoms with Crippen molar-refractivity contribution in [3.8, 4) is 0 Å². The highest BCUT2D eigenvalue weighted by atomic mass is 32.1. The largest absolute Gasteiger partial charge is 0.459 e. The molecular weight excluding hydrogens is 248 g/mol. The molecule has 1 aliphatic rings. The summed E-state index contributed by atoms with van der Waals surface area (Å²) in [5.41, 5.74) is 0. The van der Waals surface area contributed by atoms with E-state index in [9.17, 15) is 4.79 Å². The second-order valence-corrected chi connectivity index (χ2v) is 5.01. The Labute approximate surface area is 112 Å². The number of hydrogen-bond donors (Lipinski definition) is 1. The molecule has 0 bridgehead atoms. The highest BCUT2D eigenvalue weighted by Gasteiger charge is 2.25. The van der Waals surface area contributed by atoms with Crippen LogP contribution >= 0.6 is 12.2 Å². The molecule has 1 amide bonds. The molecule has 0 atom stereocenters. The SMILES string of the molecule is CCCN(CC1CC1)C(=S)NC(=O)c1ccco1. The van der Waals surface area contributed by atoms with E-state index in [-0.39, 0.29) is 5.91 Å². The maximum absolute atomic E-state index is 11.8. The van der Waals surface area contributed by atoms with Crippen LogP contribution in [0.15, 0.2) is 22.8 Å². The van der Waals surface area contributed by atoms with Crippen LogP contribution in [0.3, 0.4) is 0 Å². The van der Waals surface area contributed by atoms with Gasteiger partial charge in [-0.15, -0.1) is 0 Å². The fourth-order valence-electron chi connectivity index (χ4n) is 1.80. The summed E-state index contributed by atoms with van der Waals surface area (Å²) in [5, 5.41) is 3.23. The zero-order chi connectivity index (χ0) is 13.0. The lowest BCUT2D eigenvalue weighted by Gasteiger charge is -2.24. The molecule has 1 aliphatic carbocycles. The molecule has 0 unspecified atom stereocenters. The Hall–Kier alpha value is -1.36. The number of rotatable bonds is 5. The van der Waals surface area contributed by atoms with Gasteiger partial charge in [-0.05, 0) is 49.5 Å². The number of nitrogens with one attached hydrogen (secondary N) is 1. The molecule has 0 saturated heterocycles. The number of hydrogen-bond acceptors (Lipinski definition) is 3. The van der Waals surface area contributed by atoms with Gasteiger partial charge < -0.3 is 9.32 Å². The summed E-state index contributed by atoms with van der Waals surface area (Å²) in [5.74, 6) is 0.761. The van der Waals surface area contributed by atoms with Crippen molar-refractivity contribution in [3.63, 3.8) is 0 Å². The number of amides is 1. The summed E-state index contributed by atoms with van der Waals surface area (Å²) in [7, 11) is 0. The molecule has 0 aliphatic heterocycles. The summed E-state index contributed by atoms with van der Waals surface area (Å²) in [6, 6.07) is 3.31. The van der Waals surface area contributed by atoms with E-state index in [1.165, 1.54) is 19.1 Å². The smallest absolute Gasteiger partial charge is 0.293 e. The lowest BCUT2D eigenvalue weighted by molar-refractivity contribution is 0.0946. The molecule has 2 rings (SSSR count). The maximum Gasteiger partial charge on any atom is 0.293 e. The van der Waals surface area contributed by atoms with Crippen molar-refractivity contribution in [2.24, 2.45) is 5.92 Å². The standard InChI is InChI=1S/C13H18N2O2S/c1-2-7-15(9-10-5-6-10)13(18)14-12(16)11-4-3-8-17-11/h3-4,8,10H,2,5-7,9H2,1H3,(H,14,16,18). The van der Waals surface area contributed by atoms with Crippen LogP contribution in [-0.4, -0.2) is 29.0 Å². The van der Waals surface area contributed by atoms with Gasteiger partial charge in [0.15, 0.2) is 10.9 Å². The normalized spacial score (nSPS) is 14.3. The molecule has 1 fully saturated rings. The van der Waals surface area contributed by atoms with Crippen molar-refractivity contribution in [1.29, 1.82) is 0 Å². The molecule has 1 N–H and O–H groups in total. The van der Waals surface area contributed by atoms with Crippen molar-refractivity contribution in [1.82, 2.24) is 10.2 Å². The van der Waals surface area contributed by atoms with Crippen LogP contribution in [-0.2, 0) is 0 Å². The van der Waals surface area contributed by atoms with E-state index in [0.717, 1.165) is 25.4 Å². The molecule has 0 aromatic carbocycles. The van der Waals surface area contributed by atoms with E-state index in [0.29, 0.717) is 10.9 Å². The zero-order valence-corrected chi connectivity index (χ0v) is 11.3. The highest BCUT2D eigenvalue weighted by Crippen LogP contribution is 2.29. The third-order valence-electron chi connectivity index (χ3n) is 2.92. The lowest BCUT2D eigenvalue weighted by Crippen LogP contribution is -2.43. The Bertz CT molecular complexity index is 413. The van der Waals surface area contributed by atoms with Crippen LogP contribution in [0.4, 0.5) is 0 Å². The van der Waals surface area contributed by atoms with Crippen LogP contribution < -0.4 is 5.32 Å². The van der Waals surface area contributed by atoms with Gasteiger partial charge in [0.2, 0.25) is 0 Å². The average molecular weight is 266 g/mol. The number of nitrogens with zero attached hydrogens (tertiary/aromatic N) is 1. The van der Waals surface area contributed by atoms with E-state index in [1.807, 2.05) is 0 Å². The molecule has 1 aromatic rings. The number of thiocarbonyl (C=S) groups is 1. The fourth-order valence-corrected chi connectivity index (χ4v) is 2.06. The Morgan fingerprint density at radius 2 is 2.39 bits per heavy atom. The summed E-state index contributed by atoms with van der Waals surface area (Å²) < 4.78 is 5.04. The maximum atomic E-state index is 11.8. The minimum absolute atomic E-state index is 0.276. The van der Waals surface area contributed by atoms with Gasteiger partial charge in [-0.1, -0.05) is 6.92 Å². The summed E-state index contributed by atoms with van der Waals surface area (Å²) in [4.78, 5) is 13.9. The van der Waals surface area contributed by atoms with Gasteiger partial charge in [0.1, 0.15) is 0 Å². The molecule has 4 nitrogen and oxygen atoms in total. The molecular formula is C13H18N2O2S. The monoisotopic (exact) mass is 266 g/mol. The predicted molar refractivity (Wildman–Crippen MR) is 73.4 cm³/mol. The van der Waals surface area contributed by atoms with Gasteiger partial charge in [-0.25, -0.2) is 0 Å². The molecule has 1 saturated carbocycles. The first-order valence-corrected chi connectivity index (χ1v) is 6.75. The van der Waals surface area contributed by atoms with Crippen LogP contribution in [0, 0.1) is 5.92 Å². The minimum Gasteiger partial charge on any atom is -0.459 e. The molecule has 0 radical (unpaired) electrons.